The topological polar surface area (TPSA) is 62.7 Å². The first-order valence-corrected chi connectivity index (χ1v) is 11.9. The van der Waals surface area contributed by atoms with Crippen LogP contribution in [0.2, 0.25) is 0 Å². The summed E-state index contributed by atoms with van der Waals surface area (Å²) in [5.41, 5.74) is 2.39. The predicted octanol–water partition coefficient (Wildman–Crippen LogP) is 5.52. The second-order valence-corrected chi connectivity index (χ2v) is 10.1. The molecule has 2 aliphatic rings. The predicted molar refractivity (Wildman–Crippen MR) is 123 cm³/mol. The molecule has 5 heteroatoms. The average Bonchev–Trinajstić information content (AvgIpc) is 3.23. The van der Waals surface area contributed by atoms with Gasteiger partial charge in [-0.15, -0.1) is 0 Å². The average molecular weight is 425 g/mol. The van der Waals surface area contributed by atoms with E-state index in [1.165, 1.54) is 19.3 Å². The second-order valence-electron chi connectivity index (χ2n) is 10.1. The first-order chi connectivity index (χ1) is 14.8. The Morgan fingerprint density at radius 2 is 1.94 bits per heavy atom. The zero-order valence-electron chi connectivity index (χ0n) is 19.1. The number of hydrogen-bond acceptors (Lipinski definition) is 4. The van der Waals surface area contributed by atoms with Crippen molar-refractivity contribution in [3.63, 3.8) is 0 Å². The van der Waals surface area contributed by atoms with E-state index in [1.807, 2.05) is 12.1 Å². The smallest absolute Gasteiger partial charge is 0.307 e. The summed E-state index contributed by atoms with van der Waals surface area (Å²) in [7, 11) is 0. The van der Waals surface area contributed by atoms with Gasteiger partial charge in [-0.25, -0.2) is 0 Å². The Hall–Kier alpha value is -2.14. The summed E-state index contributed by atoms with van der Waals surface area (Å²) in [6, 6.07) is 10.3. The maximum absolute atomic E-state index is 11.2. The molecule has 0 spiro atoms. The molecule has 5 nitrogen and oxygen atoms in total. The van der Waals surface area contributed by atoms with Crippen molar-refractivity contribution in [3.05, 3.63) is 36.0 Å². The van der Waals surface area contributed by atoms with Crippen LogP contribution in [-0.2, 0) is 11.3 Å². The fourth-order valence-electron chi connectivity index (χ4n) is 5.16. The lowest BCUT2D eigenvalue weighted by Crippen LogP contribution is -2.31. The summed E-state index contributed by atoms with van der Waals surface area (Å²) in [5.74, 6) is 0.800. The number of ether oxygens (including phenoxy) is 1. The zero-order valence-corrected chi connectivity index (χ0v) is 19.1. The van der Waals surface area contributed by atoms with Gasteiger partial charge in [-0.3, -0.25) is 14.7 Å². The number of pyridine rings is 1. The van der Waals surface area contributed by atoms with Crippen molar-refractivity contribution in [2.24, 2.45) is 17.3 Å². The number of likely N-dealkylation sites (tertiary alicyclic amines) is 1. The van der Waals surface area contributed by atoms with Crippen molar-refractivity contribution < 1.29 is 14.6 Å². The molecule has 0 bridgehead atoms. The standard InChI is InChI=1S/C26H36N2O3/c1-4-26(2,3)20-6-9-22(10-7-20)31-23-11-12-24-18(15-23)5-8-21(27-24)17-28-14-13-19(16-28)25(29)30/h5,8,11-12,15,19-20,22H,4,6-7,9-10,13-14,16-17H2,1-3H3,(H,29,30)/t19?,20-,22-. The molecule has 2 fully saturated rings. The molecule has 1 aliphatic heterocycles. The van der Waals surface area contributed by atoms with E-state index in [2.05, 4.69) is 43.9 Å². The molecule has 2 heterocycles. The maximum Gasteiger partial charge on any atom is 0.307 e. The third-order valence-corrected chi connectivity index (χ3v) is 7.72. The number of aromatic nitrogens is 1. The minimum atomic E-state index is -0.691. The number of carboxylic acids is 1. The number of hydrogen-bond donors (Lipinski definition) is 1. The molecule has 1 atom stereocenters. The Bertz CT molecular complexity index is 918. The van der Waals surface area contributed by atoms with Crippen LogP contribution in [0.1, 0.15) is 65.0 Å². The highest BCUT2D eigenvalue weighted by molar-refractivity contribution is 5.80. The molecule has 0 amide bonds. The van der Waals surface area contributed by atoms with E-state index in [9.17, 15) is 9.90 Å². The van der Waals surface area contributed by atoms with Gasteiger partial charge in [-0.1, -0.05) is 33.3 Å². The highest BCUT2D eigenvalue weighted by atomic mass is 16.5. The summed E-state index contributed by atoms with van der Waals surface area (Å²) in [6.07, 6.45) is 7.05. The number of carboxylic acid groups (broad SMARTS) is 1. The fraction of sp³-hybridized carbons (Fsp3) is 0.615. The molecule has 168 valence electrons. The van der Waals surface area contributed by atoms with Crippen molar-refractivity contribution >= 4 is 16.9 Å². The summed E-state index contributed by atoms with van der Waals surface area (Å²) >= 11 is 0. The van der Waals surface area contributed by atoms with Gasteiger partial charge in [0, 0.05) is 18.5 Å². The van der Waals surface area contributed by atoms with Gasteiger partial charge < -0.3 is 9.84 Å². The van der Waals surface area contributed by atoms with E-state index in [1.54, 1.807) is 0 Å². The van der Waals surface area contributed by atoms with Crippen LogP contribution in [0, 0.1) is 17.3 Å². The van der Waals surface area contributed by atoms with E-state index in [0.29, 0.717) is 24.6 Å². The van der Waals surface area contributed by atoms with E-state index in [-0.39, 0.29) is 5.92 Å². The van der Waals surface area contributed by atoms with Gasteiger partial charge in [-0.05, 0) is 74.2 Å². The molecule has 0 radical (unpaired) electrons. The first-order valence-electron chi connectivity index (χ1n) is 11.9. The lowest BCUT2D eigenvalue weighted by molar-refractivity contribution is -0.141. The van der Waals surface area contributed by atoms with Crippen LogP contribution in [0.4, 0.5) is 0 Å². The number of fused-ring (bicyclic) bond motifs is 1. The molecule has 1 unspecified atom stereocenters. The molecule has 1 aromatic heterocycles. The summed E-state index contributed by atoms with van der Waals surface area (Å²) in [4.78, 5) is 18.1. The lowest BCUT2D eigenvalue weighted by atomic mass is 9.69. The third kappa shape index (κ3) is 5.20. The largest absolute Gasteiger partial charge is 0.490 e. The van der Waals surface area contributed by atoms with Crippen LogP contribution in [0.3, 0.4) is 0 Å². The Kier molecular flexibility index (Phi) is 6.52. The molecule has 1 saturated heterocycles. The molecule has 1 N–H and O–H groups in total. The molecule has 31 heavy (non-hydrogen) atoms. The van der Waals surface area contributed by atoms with Gasteiger partial charge in [0.25, 0.3) is 0 Å². The third-order valence-electron chi connectivity index (χ3n) is 7.72. The normalized spacial score (nSPS) is 25.1. The summed E-state index contributed by atoms with van der Waals surface area (Å²) in [5, 5.41) is 10.3. The van der Waals surface area contributed by atoms with Crippen molar-refractivity contribution in [2.75, 3.05) is 13.1 Å². The van der Waals surface area contributed by atoms with E-state index in [4.69, 9.17) is 9.72 Å². The molecule has 2 aromatic rings. The monoisotopic (exact) mass is 424 g/mol. The Morgan fingerprint density at radius 3 is 2.61 bits per heavy atom. The van der Waals surface area contributed by atoms with Gasteiger partial charge >= 0.3 is 5.97 Å². The maximum atomic E-state index is 11.2. The van der Waals surface area contributed by atoms with E-state index in [0.717, 1.165) is 54.1 Å². The Balaban J connectivity index is 1.35. The van der Waals surface area contributed by atoms with E-state index >= 15 is 0 Å². The number of carbonyl (C=O) groups is 1. The van der Waals surface area contributed by atoms with Crippen LogP contribution in [-0.4, -0.2) is 40.2 Å². The molecule has 1 aromatic carbocycles. The quantitative estimate of drug-likeness (QED) is 0.634. The Labute approximate surface area is 185 Å². The van der Waals surface area contributed by atoms with Gasteiger partial charge in [-0.2, -0.15) is 0 Å². The van der Waals surface area contributed by atoms with Crippen molar-refractivity contribution in [1.82, 2.24) is 9.88 Å². The SMILES string of the molecule is CCC(C)(C)[C@H]1CC[C@H](Oc2ccc3nc(CN4CCC(C(=O)O)C4)ccc3c2)CC1. The highest BCUT2D eigenvalue weighted by Crippen LogP contribution is 2.41. The number of aliphatic carboxylic acids is 1. The number of nitrogens with zero attached hydrogens (tertiary/aromatic N) is 2. The fourth-order valence-corrected chi connectivity index (χ4v) is 5.16. The molecule has 4 rings (SSSR count). The number of benzene rings is 1. The van der Waals surface area contributed by atoms with Crippen LogP contribution < -0.4 is 4.74 Å². The minimum absolute atomic E-state index is 0.247. The molecular weight excluding hydrogens is 388 g/mol. The molecular formula is C26H36N2O3. The van der Waals surface area contributed by atoms with Crippen molar-refractivity contribution in [1.29, 1.82) is 0 Å². The minimum Gasteiger partial charge on any atom is -0.490 e. The van der Waals surface area contributed by atoms with Crippen LogP contribution in [0.5, 0.6) is 5.75 Å². The van der Waals surface area contributed by atoms with Gasteiger partial charge in [0.15, 0.2) is 0 Å². The Morgan fingerprint density at radius 1 is 1.16 bits per heavy atom. The van der Waals surface area contributed by atoms with Crippen molar-refractivity contribution in [3.8, 4) is 5.75 Å². The van der Waals surface area contributed by atoms with E-state index < -0.39 is 5.97 Å². The zero-order chi connectivity index (χ0) is 22.0. The highest BCUT2D eigenvalue weighted by Gasteiger charge is 2.32. The molecule has 1 saturated carbocycles. The van der Waals surface area contributed by atoms with Crippen LogP contribution >= 0.6 is 0 Å². The van der Waals surface area contributed by atoms with Crippen LogP contribution in [0.15, 0.2) is 30.3 Å². The number of rotatable bonds is 7. The van der Waals surface area contributed by atoms with Gasteiger partial charge in [0.1, 0.15) is 5.75 Å². The molecule has 1 aliphatic carbocycles. The summed E-state index contributed by atoms with van der Waals surface area (Å²) in [6.45, 7) is 9.24. The van der Waals surface area contributed by atoms with Gasteiger partial charge in [0.2, 0.25) is 0 Å². The van der Waals surface area contributed by atoms with Crippen LogP contribution in [0.25, 0.3) is 10.9 Å². The van der Waals surface area contributed by atoms with Crippen molar-refractivity contribution in [2.45, 2.75) is 71.9 Å². The lowest BCUT2D eigenvalue weighted by Gasteiger charge is -2.38. The first kappa shape index (κ1) is 22.1. The summed E-state index contributed by atoms with van der Waals surface area (Å²) < 4.78 is 6.34. The van der Waals surface area contributed by atoms with Gasteiger partial charge in [0.05, 0.1) is 23.2 Å². The second kappa shape index (κ2) is 9.15.